The summed E-state index contributed by atoms with van der Waals surface area (Å²) >= 11 is 0. The van der Waals surface area contributed by atoms with Gasteiger partial charge in [0.1, 0.15) is 0 Å². The first kappa shape index (κ1) is 19.2. The van der Waals surface area contributed by atoms with Gasteiger partial charge in [0.15, 0.2) is 0 Å². The van der Waals surface area contributed by atoms with Crippen LogP contribution in [0.5, 0.6) is 0 Å². The van der Waals surface area contributed by atoms with E-state index in [1.807, 2.05) is 34.7 Å². The Hall–Kier alpha value is -2.16. The summed E-state index contributed by atoms with van der Waals surface area (Å²) in [5.74, 6) is 0.0134. The van der Waals surface area contributed by atoms with Crippen LogP contribution in [0.1, 0.15) is 60.7 Å². The zero-order valence-corrected chi connectivity index (χ0v) is 17.3. The number of rotatable bonds is 2. The number of pyridine rings is 1. The van der Waals surface area contributed by atoms with E-state index in [4.69, 9.17) is 0 Å². The molecule has 0 bridgehead atoms. The Kier molecular flexibility index (Phi) is 5.08. The molecule has 1 aromatic heterocycles. The van der Waals surface area contributed by atoms with Crippen LogP contribution in [-0.4, -0.2) is 17.9 Å². The van der Waals surface area contributed by atoms with Gasteiger partial charge in [-0.2, -0.15) is 0 Å². The van der Waals surface area contributed by atoms with E-state index in [-0.39, 0.29) is 5.91 Å². The maximum atomic E-state index is 13.3. The second-order valence-electron chi connectivity index (χ2n) is 7.25. The van der Waals surface area contributed by atoms with E-state index in [0.717, 1.165) is 33.8 Å². The molecule has 3 nitrogen and oxygen atoms in total. The van der Waals surface area contributed by atoms with Crippen LogP contribution in [0.15, 0.2) is 0 Å². The van der Waals surface area contributed by atoms with Crippen LogP contribution in [0.3, 0.4) is 0 Å². The van der Waals surface area contributed by atoms with E-state index in [1.165, 1.54) is 27.8 Å². The third-order valence-electron chi connectivity index (χ3n) is 5.99. The Morgan fingerprint density at radius 1 is 0.640 bits per heavy atom. The maximum absolute atomic E-state index is 13.3. The molecule has 134 valence electrons. The van der Waals surface area contributed by atoms with Gasteiger partial charge in [-0.05, 0) is 101 Å². The van der Waals surface area contributed by atoms with Crippen LogP contribution in [0.4, 0.5) is 5.69 Å². The van der Waals surface area contributed by atoms with Crippen molar-refractivity contribution in [2.75, 3.05) is 11.9 Å². The number of aryl methyl sites for hydroxylation is 2. The Balaban J connectivity index is 2.67. The van der Waals surface area contributed by atoms with E-state index in [0.29, 0.717) is 0 Å². The fourth-order valence-corrected chi connectivity index (χ4v) is 3.69. The summed E-state index contributed by atoms with van der Waals surface area (Å²) in [5, 5.41) is 0. The molecule has 0 N–H and O–H groups in total. The van der Waals surface area contributed by atoms with Crippen molar-refractivity contribution in [2.45, 2.75) is 62.3 Å². The highest BCUT2D eigenvalue weighted by atomic mass is 16.2. The van der Waals surface area contributed by atoms with Gasteiger partial charge in [0.25, 0.3) is 5.91 Å². The van der Waals surface area contributed by atoms with Crippen LogP contribution in [-0.2, 0) is 0 Å². The van der Waals surface area contributed by atoms with Crippen molar-refractivity contribution in [2.24, 2.45) is 0 Å². The summed E-state index contributed by atoms with van der Waals surface area (Å²) in [6.45, 7) is 18.6. The van der Waals surface area contributed by atoms with Gasteiger partial charge in [-0.15, -0.1) is 0 Å². The van der Waals surface area contributed by atoms with Gasteiger partial charge < -0.3 is 4.90 Å². The highest BCUT2D eigenvalue weighted by molar-refractivity contribution is 6.08. The SMILES string of the molecule is Cc1nc(C)c(C(=O)N(C)c2c(C)c(C)c(C)c(C)c2C)c(C)c1C. The summed E-state index contributed by atoms with van der Waals surface area (Å²) in [6.07, 6.45) is 0. The molecule has 0 fully saturated rings. The summed E-state index contributed by atoms with van der Waals surface area (Å²) in [4.78, 5) is 19.7. The predicted molar refractivity (Wildman–Crippen MR) is 106 cm³/mol. The smallest absolute Gasteiger partial charge is 0.260 e. The second-order valence-corrected chi connectivity index (χ2v) is 7.25. The highest BCUT2D eigenvalue weighted by Gasteiger charge is 2.24. The number of carbonyl (C=O) groups excluding carboxylic acids is 1. The Morgan fingerprint density at radius 3 is 1.56 bits per heavy atom. The number of aromatic nitrogens is 1. The molecule has 1 amide bonds. The van der Waals surface area contributed by atoms with E-state index in [9.17, 15) is 4.79 Å². The van der Waals surface area contributed by atoms with Gasteiger partial charge in [0.05, 0.1) is 11.3 Å². The first-order chi connectivity index (χ1) is 11.5. The van der Waals surface area contributed by atoms with Crippen LogP contribution in [0.25, 0.3) is 0 Å². The van der Waals surface area contributed by atoms with Crippen LogP contribution in [0.2, 0.25) is 0 Å². The van der Waals surface area contributed by atoms with Crippen molar-refractivity contribution < 1.29 is 4.79 Å². The number of anilines is 1. The molecule has 2 rings (SSSR count). The Labute approximate surface area is 152 Å². The molecule has 1 aromatic carbocycles. The van der Waals surface area contributed by atoms with Crippen molar-refractivity contribution >= 4 is 11.6 Å². The van der Waals surface area contributed by atoms with Gasteiger partial charge in [-0.25, -0.2) is 0 Å². The number of hydrogen-bond acceptors (Lipinski definition) is 2. The standard InChI is InChI=1S/C22H30N2O/c1-11-12(2)16(6)21(17(7)13(11)3)24(10)22(25)20-15(5)14(4)18(8)23-19(20)9/h1-10H3. The number of carbonyl (C=O) groups is 1. The highest BCUT2D eigenvalue weighted by Crippen LogP contribution is 2.34. The minimum Gasteiger partial charge on any atom is -0.311 e. The van der Waals surface area contributed by atoms with Crippen molar-refractivity contribution in [3.63, 3.8) is 0 Å². The molecule has 25 heavy (non-hydrogen) atoms. The van der Waals surface area contributed by atoms with Gasteiger partial charge in [0, 0.05) is 18.4 Å². The van der Waals surface area contributed by atoms with Crippen molar-refractivity contribution in [1.29, 1.82) is 0 Å². The number of benzene rings is 1. The first-order valence-corrected chi connectivity index (χ1v) is 8.80. The Bertz CT molecular complexity index is 850. The van der Waals surface area contributed by atoms with Gasteiger partial charge in [0.2, 0.25) is 0 Å². The van der Waals surface area contributed by atoms with Crippen molar-refractivity contribution in [1.82, 2.24) is 4.98 Å². The van der Waals surface area contributed by atoms with Crippen LogP contribution in [0, 0.1) is 62.3 Å². The first-order valence-electron chi connectivity index (χ1n) is 8.80. The normalized spacial score (nSPS) is 11.0. The lowest BCUT2D eigenvalue weighted by Crippen LogP contribution is -2.30. The molecule has 1 heterocycles. The molecule has 0 saturated heterocycles. The average molecular weight is 338 g/mol. The minimum atomic E-state index is 0.0134. The monoisotopic (exact) mass is 338 g/mol. The van der Waals surface area contributed by atoms with Crippen molar-refractivity contribution in [3.8, 4) is 0 Å². The predicted octanol–water partition coefficient (Wildman–Crippen LogP) is 5.13. The van der Waals surface area contributed by atoms with Crippen LogP contribution >= 0.6 is 0 Å². The molecular formula is C22H30N2O. The van der Waals surface area contributed by atoms with Gasteiger partial charge in [-0.1, -0.05) is 0 Å². The van der Waals surface area contributed by atoms with Crippen molar-refractivity contribution in [3.05, 3.63) is 55.9 Å². The van der Waals surface area contributed by atoms with E-state index in [1.54, 1.807) is 4.90 Å². The molecule has 0 atom stereocenters. The third kappa shape index (κ3) is 2.97. The van der Waals surface area contributed by atoms with E-state index in [2.05, 4.69) is 39.6 Å². The lowest BCUT2D eigenvalue weighted by Gasteiger charge is -2.27. The quantitative estimate of drug-likeness (QED) is 0.760. The third-order valence-corrected chi connectivity index (χ3v) is 5.99. The maximum Gasteiger partial charge on any atom is 0.260 e. The summed E-state index contributed by atoms with van der Waals surface area (Å²) in [6, 6.07) is 0. The zero-order chi connectivity index (χ0) is 19.2. The zero-order valence-electron chi connectivity index (χ0n) is 17.3. The summed E-state index contributed by atoms with van der Waals surface area (Å²) in [5.41, 5.74) is 11.8. The van der Waals surface area contributed by atoms with E-state index < -0.39 is 0 Å². The van der Waals surface area contributed by atoms with Gasteiger partial charge in [-0.3, -0.25) is 9.78 Å². The average Bonchev–Trinajstić information content (AvgIpc) is 2.56. The molecule has 0 aliphatic rings. The molecule has 3 heteroatoms. The summed E-state index contributed by atoms with van der Waals surface area (Å²) in [7, 11) is 1.87. The fraction of sp³-hybridized carbons (Fsp3) is 0.455. The van der Waals surface area contributed by atoms with Crippen LogP contribution < -0.4 is 4.90 Å². The second kappa shape index (κ2) is 6.62. The molecule has 0 aliphatic heterocycles. The number of amides is 1. The topological polar surface area (TPSA) is 33.2 Å². The lowest BCUT2D eigenvalue weighted by atomic mass is 9.92. The Morgan fingerprint density at radius 2 is 1.08 bits per heavy atom. The number of nitrogens with zero attached hydrogens (tertiary/aromatic N) is 2. The van der Waals surface area contributed by atoms with E-state index >= 15 is 0 Å². The lowest BCUT2D eigenvalue weighted by molar-refractivity contribution is 0.0991. The minimum absolute atomic E-state index is 0.0134. The molecule has 0 unspecified atom stereocenters. The largest absolute Gasteiger partial charge is 0.311 e. The molecule has 0 aliphatic carbocycles. The summed E-state index contributed by atoms with van der Waals surface area (Å²) < 4.78 is 0. The molecule has 2 aromatic rings. The fourth-order valence-electron chi connectivity index (χ4n) is 3.69. The van der Waals surface area contributed by atoms with Gasteiger partial charge >= 0.3 is 0 Å². The molecule has 0 spiro atoms. The molecule has 0 radical (unpaired) electrons. The number of hydrogen-bond donors (Lipinski definition) is 0. The molecular weight excluding hydrogens is 308 g/mol. The molecule has 0 saturated carbocycles.